The van der Waals surface area contributed by atoms with Crippen molar-refractivity contribution >= 4 is 12.2 Å². The van der Waals surface area contributed by atoms with Crippen LogP contribution in [0, 0.1) is 11.7 Å². The van der Waals surface area contributed by atoms with E-state index in [0.717, 1.165) is 43.1 Å². The number of aromatic amines is 1. The molecule has 3 heterocycles. The van der Waals surface area contributed by atoms with Gasteiger partial charge < -0.3 is 9.15 Å². The van der Waals surface area contributed by atoms with Crippen molar-refractivity contribution in [1.82, 2.24) is 14.8 Å². The Morgan fingerprint density at radius 3 is 3.17 bits per heavy atom. The van der Waals surface area contributed by atoms with Crippen molar-refractivity contribution in [3.8, 4) is 11.4 Å². The molecule has 1 fully saturated rings. The van der Waals surface area contributed by atoms with Crippen LogP contribution in [0.15, 0.2) is 16.7 Å². The Morgan fingerprint density at radius 1 is 1.61 bits per heavy atom. The summed E-state index contributed by atoms with van der Waals surface area (Å²) in [5, 5.41) is 7.14. The van der Waals surface area contributed by atoms with Crippen molar-refractivity contribution in [2.75, 3.05) is 6.61 Å². The van der Waals surface area contributed by atoms with Crippen molar-refractivity contribution in [3.63, 3.8) is 0 Å². The Bertz CT molecular complexity index is 592. The average molecular weight is 265 g/mol. The normalized spacial score (nSPS) is 19.5. The van der Waals surface area contributed by atoms with Gasteiger partial charge >= 0.3 is 0 Å². The van der Waals surface area contributed by atoms with E-state index < -0.39 is 0 Å². The van der Waals surface area contributed by atoms with Crippen LogP contribution in [0.25, 0.3) is 11.4 Å². The molecule has 18 heavy (non-hydrogen) atoms. The number of furan rings is 1. The summed E-state index contributed by atoms with van der Waals surface area (Å²) in [7, 11) is 0. The third-order valence-electron chi connectivity index (χ3n) is 3.27. The zero-order chi connectivity index (χ0) is 12.5. The lowest BCUT2D eigenvalue weighted by atomic mass is 10.2. The summed E-state index contributed by atoms with van der Waals surface area (Å²) < 4.78 is 13.6. The molecular formula is C12H15N3O2S. The van der Waals surface area contributed by atoms with E-state index in [2.05, 4.69) is 10.2 Å². The van der Waals surface area contributed by atoms with Crippen LogP contribution < -0.4 is 0 Å². The minimum Gasteiger partial charge on any atom is -0.469 e. The molecule has 0 spiro atoms. The van der Waals surface area contributed by atoms with Crippen LogP contribution in [0.1, 0.15) is 18.6 Å². The minimum absolute atomic E-state index is 0.236. The van der Waals surface area contributed by atoms with Crippen molar-refractivity contribution in [2.24, 2.45) is 0 Å². The zero-order valence-electron chi connectivity index (χ0n) is 10.2. The first-order chi connectivity index (χ1) is 8.75. The minimum atomic E-state index is 0.236. The summed E-state index contributed by atoms with van der Waals surface area (Å²) in [5.41, 5.74) is 0.973. The fraction of sp³-hybridized carbons (Fsp3) is 0.500. The van der Waals surface area contributed by atoms with Gasteiger partial charge in [0.2, 0.25) is 0 Å². The lowest BCUT2D eigenvalue weighted by Gasteiger charge is -2.11. The fourth-order valence-corrected chi connectivity index (χ4v) is 2.51. The summed E-state index contributed by atoms with van der Waals surface area (Å²) in [4.78, 5) is 0. The first-order valence-corrected chi connectivity index (χ1v) is 6.48. The average Bonchev–Trinajstić information content (AvgIpc) is 3.05. The molecule has 0 radical (unpaired) electrons. The third-order valence-corrected chi connectivity index (χ3v) is 3.58. The van der Waals surface area contributed by atoms with Crippen molar-refractivity contribution in [3.05, 3.63) is 22.9 Å². The van der Waals surface area contributed by atoms with Crippen LogP contribution in [-0.2, 0) is 11.3 Å². The lowest BCUT2D eigenvalue weighted by molar-refractivity contribution is 0.0970. The number of nitrogens with one attached hydrogen (secondary N) is 1. The van der Waals surface area contributed by atoms with Gasteiger partial charge in [0.15, 0.2) is 10.6 Å². The SMILES string of the molecule is Cc1occc1-c1n[nH]c(=S)n1C[C@H]1CCCO1. The lowest BCUT2D eigenvalue weighted by Crippen LogP contribution is -2.16. The molecule has 96 valence electrons. The molecular weight excluding hydrogens is 250 g/mol. The number of hydrogen-bond donors (Lipinski definition) is 1. The van der Waals surface area contributed by atoms with Gasteiger partial charge in [-0.1, -0.05) is 0 Å². The van der Waals surface area contributed by atoms with E-state index in [1.165, 1.54) is 0 Å². The van der Waals surface area contributed by atoms with Crippen molar-refractivity contribution in [2.45, 2.75) is 32.4 Å². The van der Waals surface area contributed by atoms with E-state index in [1.807, 2.05) is 17.6 Å². The van der Waals surface area contributed by atoms with Gasteiger partial charge in [0, 0.05) is 6.61 Å². The third kappa shape index (κ3) is 2.02. The second-order valence-electron chi connectivity index (χ2n) is 4.49. The van der Waals surface area contributed by atoms with Gasteiger partial charge in [0.25, 0.3) is 0 Å². The highest BCUT2D eigenvalue weighted by molar-refractivity contribution is 7.71. The summed E-state index contributed by atoms with van der Waals surface area (Å²) in [6.07, 6.45) is 4.10. The van der Waals surface area contributed by atoms with Gasteiger partial charge in [0.1, 0.15) is 5.76 Å². The molecule has 0 aliphatic carbocycles. The second-order valence-corrected chi connectivity index (χ2v) is 4.88. The number of hydrogen-bond acceptors (Lipinski definition) is 4. The Kier molecular flexibility index (Phi) is 3.05. The van der Waals surface area contributed by atoms with E-state index >= 15 is 0 Å². The molecule has 2 aromatic rings. The molecule has 0 saturated carbocycles. The van der Waals surface area contributed by atoms with Crippen LogP contribution in [0.4, 0.5) is 0 Å². The topological polar surface area (TPSA) is 56.0 Å². The van der Waals surface area contributed by atoms with Gasteiger partial charge in [-0.25, -0.2) is 0 Å². The monoisotopic (exact) mass is 265 g/mol. The van der Waals surface area contributed by atoms with Crippen molar-refractivity contribution in [1.29, 1.82) is 0 Å². The van der Waals surface area contributed by atoms with Crippen LogP contribution in [-0.4, -0.2) is 27.5 Å². The van der Waals surface area contributed by atoms with E-state index in [0.29, 0.717) is 4.77 Å². The summed E-state index contributed by atoms with van der Waals surface area (Å²) in [6.45, 7) is 3.51. The molecule has 0 amide bonds. The maximum atomic E-state index is 5.65. The highest BCUT2D eigenvalue weighted by atomic mass is 32.1. The van der Waals surface area contributed by atoms with Gasteiger partial charge in [-0.3, -0.25) is 9.67 Å². The summed E-state index contributed by atoms with van der Waals surface area (Å²) >= 11 is 5.28. The first-order valence-electron chi connectivity index (χ1n) is 6.07. The molecule has 1 saturated heterocycles. The molecule has 1 aliphatic heterocycles. The number of H-pyrrole nitrogens is 1. The number of aryl methyl sites for hydroxylation is 1. The van der Waals surface area contributed by atoms with E-state index in [9.17, 15) is 0 Å². The molecule has 5 nitrogen and oxygen atoms in total. The zero-order valence-corrected chi connectivity index (χ0v) is 11.0. The summed E-state index contributed by atoms with van der Waals surface area (Å²) in [5.74, 6) is 1.67. The molecule has 0 unspecified atom stereocenters. The van der Waals surface area contributed by atoms with Crippen LogP contribution in [0.2, 0.25) is 0 Å². The van der Waals surface area contributed by atoms with Crippen LogP contribution in [0.3, 0.4) is 0 Å². The molecule has 2 aromatic heterocycles. The van der Waals surface area contributed by atoms with Crippen LogP contribution in [0.5, 0.6) is 0 Å². The maximum absolute atomic E-state index is 5.65. The van der Waals surface area contributed by atoms with Gasteiger partial charge in [-0.15, -0.1) is 0 Å². The van der Waals surface area contributed by atoms with E-state index in [1.54, 1.807) is 6.26 Å². The Morgan fingerprint density at radius 2 is 2.50 bits per heavy atom. The number of rotatable bonds is 3. The molecule has 1 atom stereocenters. The highest BCUT2D eigenvalue weighted by Crippen LogP contribution is 2.24. The Labute approximate surface area is 110 Å². The maximum Gasteiger partial charge on any atom is 0.195 e. The Hall–Kier alpha value is -1.40. The quantitative estimate of drug-likeness (QED) is 0.867. The van der Waals surface area contributed by atoms with Crippen molar-refractivity contribution < 1.29 is 9.15 Å². The fourth-order valence-electron chi connectivity index (χ4n) is 2.30. The van der Waals surface area contributed by atoms with E-state index in [-0.39, 0.29) is 6.10 Å². The number of ether oxygens (including phenoxy) is 1. The number of aromatic nitrogens is 3. The van der Waals surface area contributed by atoms with Gasteiger partial charge in [0.05, 0.1) is 24.5 Å². The van der Waals surface area contributed by atoms with E-state index in [4.69, 9.17) is 21.4 Å². The molecule has 0 aromatic carbocycles. The Balaban J connectivity index is 1.96. The van der Waals surface area contributed by atoms with Gasteiger partial charge in [-0.2, -0.15) is 5.10 Å². The highest BCUT2D eigenvalue weighted by Gasteiger charge is 2.20. The predicted octanol–water partition coefficient (Wildman–Crippen LogP) is 2.69. The van der Waals surface area contributed by atoms with Crippen LogP contribution >= 0.6 is 12.2 Å². The van der Waals surface area contributed by atoms with Gasteiger partial charge in [-0.05, 0) is 38.0 Å². The summed E-state index contributed by atoms with van der Waals surface area (Å²) in [6, 6.07) is 1.91. The number of nitrogens with zero attached hydrogens (tertiary/aromatic N) is 2. The largest absolute Gasteiger partial charge is 0.469 e. The molecule has 3 rings (SSSR count). The molecule has 6 heteroatoms. The molecule has 0 bridgehead atoms. The smallest absolute Gasteiger partial charge is 0.195 e. The second kappa shape index (κ2) is 4.70. The standard InChI is InChI=1S/C12H15N3O2S/c1-8-10(4-6-16-8)11-13-14-12(18)15(11)7-9-3-2-5-17-9/h4,6,9H,2-3,5,7H2,1H3,(H,14,18)/t9-/m1/s1. The predicted molar refractivity (Wildman–Crippen MR) is 68.8 cm³/mol. The first kappa shape index (κ1) is 11.7. The molecule has 1 N–H and O–H groups in total. The molecule has 1 aliphatic rings.